The van der Waals surface area contributed by atoms with Gasteiger partial charge in [-0.3, -0.25) is 4.68 Å². The summed E-state index contributed by atoms with van der Waals surface area (Å²) in [4.78, 5) is 0. The van der Waals surface area contributed by atoms with Crippen molar-refractivity contribution in [2.75, 3.05) is 13.1 Å². The number of nitrogens with zero attached hydrogens (tertiary/aromatic N) is 2. The normalized spacial score (nSPS) is 11.4. The van der Waals surface area contributed by atoms with E-state index in [1.165, 1.54) is 0 Å². The Hall–Kier alpha value is -0.540. The van der Waals surface area contributed by atoms with Crippen molar-refractivity contribution < 1.29 is 0 Å². The maximum absolute atomic E-state index is 6.08. The van der Waals surface area contributed by atoms with E-state index in [9.17, 15) is 0 Å². The second-order valence-corrected chi connectivity index (χ2v) is 5.04. The van der Waals surface area contributed by atoms with E-state index in [1.807, 2.05) is 18.5 Å². The van der Waals surface area contributed by atoms with Gasteiger partial charge in [0.2, 0.25) is 0 Å². The average molecular weight is 244 g/mol. The molecule has 0 radical (unpaired) electrons. The molecule has 0 saturated carbocycles. The van der Waals surface area contributed by atoms with E-state index in [2.05, 4.69) is 24.3 Å². The highest BCUT2D eigenvalue weighted by Gasteiger charge is 2.07. The average Bonchev–Trinajstić information content (AvgIpc) is 2.45. The summed E-state index contributed by atoms with van der Waals surface area (Å²) in [5, 5.41) is 8.62. The molecule has 0 amide bonds. The monoisotopic (exact) mass is 243 g/mol. The molecule has 4 heteroatoms. The minimum Gasteiger partial charge on any atom is -0.316 e. The Bertz CT molecular complexity index is 331. The minimum atomic E-state index is 0.711. The number of rotatable bonds is 6. The molecule has 0 spiro atoms. The summed E-state index contributed by atoms with van der Waals surface area (Å²) < 4.78 is 1.99. The van der Waals surface area contributed by atoms with Crippen LogP contribution in [0.4, 0.5) is 0 Å². The fraction of sp³-hybridized carbons (Fsp3) is 0.750. The van der Waals surface area contributed by atoms with Crippen LogP contribution in [-0.4, -0.2) is 22.9 Å². The SMILES string of the molecule is Cc1nn(CCCNCC(C)C)c(C)c1Cl. The first kappa shape index (κ1) is 13.5. The molecule has 1 heterocycles. The molecule has 1 rings (SSSR count). The molecular weight excluding hydrogens is 222 g/mol. The Balaban J connectivity index is 2.29. The molecule has 1 aromatic heterocycles. The predicted octanol–water partition coefficient (Wildman–Crippen LogP) is 2.79. The molecular formula is C12H22ClN3. The Morgan fingerprint density at radius 1 is 1.38 bits per heavy atom. The maximum atomic E-state index is 6.08. The lowest BCUT2D eigenvalue weighted by Crippen LogP contribution is -2.22. The van der Waals surface area contributed by atoms with Gasteiger partial charge in [-0.1, -0.05) is 25.4 Å². The van der Waals surface area contributed by atoms with Crippen molar-refractivity contribution in [1.29, 1.82) is 0 Å². The number of hydrogen-bond donors (Lipinski definition) is 1. The molecule has 1 aromatic rings. The smallest absolute Gasteiger partial charge is 0.0844 e. The predicted molar refractivity (Wildman–Crippen MR) is 69.0 cm³/mol. The first-order chi connectivity index (χ1) is 7.52. The third kappa shape index (κ3) is 3.80. The van der Waals surface area contributed by atoms with Crippen molar-refractivity contribution in [3.63, 3.8) is 0 Å². The van der Waals surface area contributed by atoms with Crippen LogP contribution in [-0.2, 0) is 6.54 Å². The Kier molecular flexibility index (Phi) is 5.29. The first-order valence-electron chi connectivity index (χ1n) is 5.92. The molecule has 0 unspecified atom stereocenters. The third-order valence-electron chi connectivity index (χ3n) is 2.57. The van der Waals surface area contributed by atoms with Crippen LogP contribution in [0.2, 0.25) is 5.02 Å². The van der Waals surface area contributed by atoms with E-state index >= 15 is 0 Å². The zero-order valence-corrected chi connectivity index (χ0v) is 11.4. The zero-order chi connectivity index (χ0) is 12.1. The van der Waals surface area contributed by atoms with E-state index in [-0.39, 0.29) is 0 Å². The van der Waals surface area contributed by atoms with E-state index in [4.69, 9.17) is 11.6 Å². The summed E-state index contributed by atoms with van der Waals surface area (Å²) in [5.74, 6) is 0.711. The topological polar surface area (TPSA) is 29.9 Å². The second kappa shape index (κ2) is 6.26. The van der Waals surface area contributed by atoms with E-state index < -0.39 is 0 Å². The summed E-state index contributed by atoms with van der Waals surface area (Å²) in [6, 6.07) is 0. The number of hydrogen-bond acceptors (Lipinski definition) is 2. The molecule has 0 bridgehead atoms. The highest BCUT2D eigenvalue weighted by atomic mass is 35.5. The van der Waals surface area contributed by atoms with E-state index in [0.29, 0.717) is 5.92 Å². The van der Waals surface area contributed by atoms with Crippen LogP contribution in [0, 0.1) is 19.8 Å². The van der Waals surface area contributed by atoms with Crippen LogP contribution in [0.1, 0.15) is 31.7 Å². The van der Waals surface area contributed by atoms with Crippen molar-refractivity contribution >= 4 is 11.6 Å². The lowest BCUT2D eigenvalue weighted by atomic mass is 10.2. The number of aromatic nitrogens is 2. The van der Waals surface area contributed by atoms with Gasteiger partial charge in [0, 0.05) is 6.54 Å². The van der Waals surface area contributed by atoms with Crippen LogP contribution >= 0.6 is 11.6 Å². The van der Waals surface area contributed by atoms with Gasteiger partial charge in [-0.15, -0.1) is 0 Å². The van der Waals surface area contributed by atoms with Crippen LogP contribution in [0.5, 0.6) is 0 Å². The number of aryl methyl sites for hydroxylation is 2. The molecule has 0 aliphatic rings. The summed E-state index contributed by atoms with van der Waals surface area (Å²) in [6.45, 7) is 11.4. The molecule has 3 nitrogen and oxygen atoms in total. The molecule has 0 aliphatic carbocycles. The molecule has 0 aromatic carbocycles. The number of nitrogens with one attached hydrogen (secondary N) is 1. The van der Waals surface area contributed by atoms with Crippen molar-refractivity contribution in [1.82, 2.24) is 15.1 Å². The minimum absolute atomic E-state index is 0.711. The fourth-order valence-corrected chi connectivity index (χ4v) is 1.77. The Morgan fingerprint density at radius 2 is 2.06 bits per heavy atom. The number of halogens is 1. The van der Waals surface area contributed by atoms with Gasteiger partial charge >= 0.3 is 0 Å². The van der Waals surface area contributed by atoms with Gasteiger partial charge in [0.1, 0.15) is 0 Å². The van der Waals surface area contributed by atoms with Gasteiger partial charge in [0.25, 0.3) is 0 Å². The summed E-state index contributed by atoms with van der Waals surface area (Å²) in [6.07, 6.45) is 1.09. The van der Waals surface area contributed by atoms with Crippen LogP contribution < -0.4 is 5.32 Å². The van der Waals surface area contributed by atoms with Gasteiger partial charge in [-0.25, -0.2) is 0 Å². The van der Waals surface area contributed by atoms with Crippen molar-refractivity contribution in [3.05, 3.63) is 16.4 Å². The van der Waals surface area contributed by atoms with Gasteiger partial charge in [-0.2, -0.15) is 5.10 Å². The highest BCUT2D eigenvalue weighted by Crippen LogP contribution is 2.18. The highest BCUT2D eigenvalue weighted by molar-refractivity contribution is 6.31. The van der Waals surface area contributed by atoms with Crippen LogP contribution in [0.15, 0.2) is 0 Å². The Morgan fingerprint density at radius 3 is 2.56 bits per heavy atom. The van der Waals surface area contributed by atoms with E-state index in [1.54, 1.807) is 0 Å². The fourth-order valence-electron chi connectivity index (χ4n) is 1.64. The summed E-state index contributed by atoms with van der Waals surface area (Å²) in [5.41, 5.74) is 2.00. The summed E-state index contributed by atoms with van der Waals surface area (Å²) in [7, 11) is 0. The molecule has 0 aliphatic heterocycles. The Labute approximate surface area is 103 Å². The lowest BCUT2D eigenvalue weighted by molar-refractivity contribution is 0.500. The maximum Gasteiger partial charge on any atom is 0.0844 e. The van der Waals surface area contributed by atoms with Gasteiger partial charge in [0.15, 0.2) is 0 Å². The summed E-state index contributed by atoms with van der Waals surface area (Å²) >= 11 is 6.08. The zero-order valence-electron chi connectivity index (χ0n) is 10.7. The lowest BCUT2D eigenvalue weighted by Gasteiger charge is -2.08. The molecule has 92 valence electrons. The van der Waals surface area contributed by atoms with E-state index in [0.717, 1.165) is 42.5 Å². The van der Waals surface area contributed by atoms with Gasteiger partial charge in [0.05, 0.1) is 16.4 Å². The second-order valence-electron chi connectivity index (χ2n) is 4.66. The van der Waals surface area contributed by atoms with Crippen molar-refractivity contribution in [2.24, 2.45) is 5.92 Å². The van der Waals surface area contributed by atoms with Gasteiger partial charge in [-0.05, 0) is 39.3 Å². The van der Waals surface area contributed by atoms with Crippen molar-refractivity contribution in [2.45, 2.75) is 40.7 Å². The third-order valence-corrected chi connectivity index (χ3v) is 3.12. The molecule has 0 atom stereocenters. The largest absolute Gasteiger partial charge is 0.316 e. The first-order valence-corrected chi connectivity index (χ1v) is 6.30. The quantitative estimate of drug-likeness (QED) is 0.779. The standard InChI is InChI=1S/C12H22ClN3/c1-9(2)8-14-6-5-7-16-11(4)12(13)10(3)15-16/h9,14H,5-8H2,1-4H3. The van der Waals surface area contributed by atoms with Crippen molar-refractivity contribution in [3.8, 4) is 0 Å². The molecule has 16 heavy (non-hydrogen) atoms. The molecule has 0 saturated heterocycles. The van der Waals surface area contributed by atoms with Crippen LogP contribution in [0.3, 0.4) is 0 Å². The molecule has 1 N–H and O–H groups in total. The molecule has 0 fully saturated rings. The van der Waals surface area contributed by atoms with Gasteiger partial charge < -0.3 is 5.32 Å². The van der Waals surface area contributed by atoms with Crippen LogP contribution in [0.25, 0.3) is 0 Å².